The summed E-state index contributed by atoms with van der Waals surface area (Å²) >= 11 is 0. The highest BCUT2D eigenvalue weighted by Gasteiger charge is 2.55. The minimum absolute atomic E-state index is 0.00231. The highest BCUT2D eigenvalue weighted by Crippen LogP contribution is 2.58. The molecule has 96 valence electrons. The second-order valence-corrected chi connectivity index (χ2v) is 6.66. The number of aliphatic carboxylic acids is 1. The predicted octanol–water partition coefficient (Wildman–Crippen LogP) is 3.87. The molecular formula is C15H24O2. The largest absolute Gasteiger partial charge is 0.481 e. The molecule has 2 aliphatic carbocycles. The van der Waals surface area contributed by atoms with Crippen molar-refractivity contribution in [2.75, 3.05) is 0 Å². The van der Waals surface area contributed by atoms with E-state index in [1.54, 1.807) is 0 Å². The lowest BCUT2D eigenvalue weighted by atomic mass is 9.49. The van der Waals surface area contributed by atoms with E-state index in [9.17, 15) is 9.90 Å². The summed E-state index contributed by atoms with van der Waals surface area (Å²) in [5.74, 6) is -0.284. The lowest BCUT2D eigenvalue weighted by molar-refractivity contribution is -0.162. The molecule has 3 atom stereocenters. The van der Waals surface area contributed by atoms with E-state index in [2.05, 4.69) is 32.9 Å². The van der Waals surface area contributed by atoms with Gasteiger partial charge in [-0.15, -0.1) is 0 Å². The van der Waals surface area contributed by atoms with Crippen LogP contribution in [0.5, 0.6) is 0 Å². The number of allylic oxidation sites excluding steroid dienone is 2. The molecule has 1 N–H and O–H groups in total. The van der Waals surface area contributed by atoms with Gasteiger partial charge in [-0.3, -0.25) is 4.79 Å². The Morgan fingerprint density at radius 3 is 2.59 bits per heavy atom. The van der Waals surface area contributed by atoms with Crippen molar-refractivity contribution in [2.24, 2.45) is 22.7 Å². The van der Waals surface area contributed by atoms with Crippen molar-refractivity contribution in [3.05, 3.63) is 12.2 Å². The first kappa shape index (κ1) is 12.7. The summed E-state index contributed by atoms with van der Waals surface area (Å²) in [7, 11) is 0. The number of hydrogen-bond acceptors (Lipinski definition) is 1. The first-order chi connectivity index (χ1) is 7.90. The monoisotopic (exact) mass is 236 g/mol. The average molecular weight is 236 g/mol. The zero-order valence-corrected chi connectivity index (χ0v) is 11.2. The summed E-state index contributed by atoms with van der Waals surface area (Å²) in [6, 6.07) is 0. The SMILES string of the molecule is CC1CC=CCC12CCCC(C)(C)C2C(=O)O. The molecule has 0 amide bonds. The van der Waals surface area contributed by atoms with Gasteiger partial charge in [0.2, 0.25) is 0 Å². The van der Waals surface area contributed by atoms with Gasteiger partial charge < -0.3 is 5.11 Å². The van der Waals surface area contributed by atoms with E-state index in [0.717, 1.165) is 25.7 Å². The van der Waals surface area contributed by atoms with Crippen LogP contribution in [0.2, 0.25) is 0 Å². The number of rotatable bonds is 1. The van der Waals surface area contributed by atoms with E-state index in [1.165, 1.54) is 6.42 Å². The highest BCUT2D eigenvalue weighted by molar-refractivity contribution is 5.72. The third-order valence-electron chi connectivity index (χ3n) is 5.20. The molecule has 2 heteroatoms. The minimum Gasteiger partial charge on any atom is -0.481 e. The Bertz CT molecular complexity index is 343. The minimum atomic E-state index is -0.586. The van der Waals surface area contributed by atoms with Crippen molar-refractivity contribution in [3.63, 3.8) is 0 Å². The number of carbonyl (C=O) groups is 1. The maximum absolute atomic E-state index is 11.8. The summed E-state index contributed by atoms with van der Waals surface area (Å²) in [5.41, 5.74) is -0.0636. The van der Waals surface area contributed by atoms with Crippen LogP contribution in [-0.2, 0) is 4.79 Å². The molecule has 0 aliphatic heterocycles. The molecule has 0 saturated heterocycles. The predicted molar refractivity (Wildman–Crippen MR) is 68.7 cm³/mol. The number of carboxylic acids is 1. The van der Waals surface area contributed by atoms with E-state index >= 15 is 0 Å². The van der Waals surface area contributed by atoms with Crippen LogP contribution in [0.4, 0.5) is 0 Å². The van der Waals surface area contributed by atoms with Gasteiger partial charge in [-0.2, -0.15) is 0 Å². The first-order valence-electron chi connectivity index (χ1n) is 6.78. The summed E-state index contributed by atoms with van der Waals surface area (Å²) in [5, 5.41) is 9.69. The summed E-state index contributed by atoms with van der Waals surface area (Å²) in [6.07, 6.45) is 9.72. The Hall–Kier alpha value is -0.790. The quantitative estimate of drug-likeness (QED) is 0.702. The fourth-order valence-electron chi connectivity index (χ4n) is 4.31. The van der Waals surface area contributed by atoms with Gasteiger partial charge in [-0.25, -0.2) is 0 Å². The van der Waals surface area contributed by atoms with Gasteiger partial charge in [0.1, 0.15) is 0 Å². The van der Waals surface area contributed by atoms with E-state index in [-0.39, 0.29) is 16.7 Å². The van der Waals surface area contributed by atoms with E-state index in [4.69, 9.17) is 0 Å². The van der Waals surface area contributed by atoms with Gasteiger partial charge in [-0.1, -0.05) is 39.3 Å². The van der Waals surface area contributed by atoms with Crippen LogP contribution in [0.3, 0.4) is 0 Å². The van der Waals surface area contributed by atoms with Gasteiger partial charge in [0.25, 0.3) is 0 Å². The molecule has 2 nitrogen and oxygen atoms in total. The molecular weight excluding hydrogens is 212 g/mol. The smallest absolute Gasteiger partial charge is 0.307 e. The molecule has 0 heterocycles. The van der Waals surface area contributed by atoms with Crippen molar-refractivity contribution in [2.45, 2.75) is 52.9 Å². The third-order valence-corrected chi connectivity index (χ3v) is 5.20. The lowest BCUT2D eigenvalue weighted by Gasteiger charge is -2.54. The normalized spacial score (nSPS) is 40.4. The third kappa shape index (κ3) is 1.92. The Balaban J connectivity index is 2.42. The standard InChI is InChI=1S/C15H24O2/c1-11-7-4-5-9-15(11)10-6-8-14(2,3)12(15)13(16)17/h4-5,11-12H,6-10H2,1-3H3,(H,16,17). The Morgan fingerprint density at radius 2 is 2.00 bits per heavy atom. The van der Waals surface area contributed by atoms with Crippen molar-refractivity contribution in [3.8, 4) is 0 Å². The zero-order valence-electron chi connectivity index (χ0n) is 11.2. The lowest BCUT2D eigenvalue weighted by Crippen LogP contribution is -2.51. The van der Waals surface area contributed by atoms with Gasteiger partial charge in [0.15, 0.2) is 0 Å². The molecule has 0 radical (unpaired) electrons. The van der Waals surface area contributed by atoms with Crippen LogP contribution in [0.25, 0.3) is 0 Å². The topological polar surface area (TPSA) is 37.3 Å². The molecule has 17 heavy (non-hydrogen) atoms. The summed E-state index contributed by atoms with van der Waals surface area (Å²) < 4.78 is 0. The van der Waals surface area contributed by atoms with Crippen molar-refractivity contribution < 1.29 is 9.90 Å². The van der Waals surface area contributed by atoms with Crippen LogP contribution in [0.1, 0.15) is 52.9 Å². The molecule has 0 aromatic carbocycles. The zero-order chi connectivity index (χ0) is 12.7. The molecule has 3 unspecified atom stereocenters. The fraction of sp³-hybridized carbons (Fsp3) is 0.800. The van der Waals surface area contributed by atoms with E-state index in [0.29, 0.717) is 5.92 Å². The van der Waals surface area contributed by atoms with Crippen molar-refractivity contribution in [1.82, 2.24) is 0 Å². The number of carboxylic acid groups (broad SMARTS) is 1. The fourth-order valence-corrected chi connectivity index (χ4v) is 4.31. The molecule has 2 rings (SSSR count). The van der Waals surface area contributed by atoms with Crippen LogP contribution < -0.4 is 0 Å². The average Bonchev–Trinajstić information content (AvgIpc) is 2.20. The van der Waals surface area contributed by atoms with E-state index < -0.39 is 5.97 Å². The maximum atomic E-state index is 11.8. The molecule has 1 saturated carbocycles. The molecule has 1 spiro atoms. The van der Waals surface area contributed by atoms with Crippen molar-refractivity contribution >= 4 is 5.97 Å². The van der Waals surface area contributed by atoms with Gasteiger partial charge in [-0.05, 0) is 42.4 Å². The van der Waals surface area contributed by atoms with Crippen molar-refractivity contribution in [1.29, 1.82) is 0 Å². The van der Waals surface area contributed by atoms with E-state index in [1.807, 2.05) is 0 Å². The Labute approximate surface area is 104 Å². The molecule has 0 aromatic rings. The van der Waals surface area contributed by atoms with Crippen LogP contribution >= 0.6 is 0 Å². The first-order valence-corrected chi connectivity index (χ1v) is 6.78. The van der Waals surface area contributed by atoms with Gasteiger partial charge in [0, 0.05) is 0 Å². The van der Waals surface area contributed by atoms with Gasteiger partial charge in [0.05, 0.1) is 5.92 Å². The second-order valence-electron chi connectivity index (χ2n) is 6.66. The number of hydrogen-bond donors (Lipinski definition) is 1. The van der Waals surface area contributed by atoms with Crippen LogP contribution in [0.15, 0.2) is 12.2 Å². The molecule has 1 fully saturated rings. The summed E-state index contributed by atoms with van der Waals surface area (Å²) in [4.78, 5) is 11.8. The Morgan fingerprint density at radius 1 is 1.29 bits per heavy atom. The maximum Gasteiger partial charge on any atom is 0.307 e. The highest BCUT2D eigenvalue weighted by atomic mass is 16.4. The molecule has 0 bridgehead atoms. The second kappa shape index (κ2) is 4.15. The van der Waals surface area contributed by atoms with Crippen LogP contribution in [-0.4, -0.2) is 11.1 Å². The molecule has 2 aliphatic rings. The molecule has 0 aromatic heterocycles. The Kier molecular flexibility index (Phi) is 3.09. The summed E-state index contributed by atoms with van der Waals surface area (Å²) in [6.45, 7) is 6.51. The van der Waals surface area contributed by atoms with Gasteiger partial charge >= 0.3 is 5.97 Å². The van der Waals surface area contributed by atoms with Crippen LogP contribution in [0, 0.1) is 22.7 Å².